The van der Waals surface area contributed by atoms with E-state index >= 15 is 0 Å². The van der Waals surface area contributed by atoms with Crippen molar-refractivity contribution in [1.29, 1.82) is 0 Å². The van der Waals surface area contributed by atoms with Crippen molar-refractivity contribution in [3.63, 3.8) is 0 Å². The summed E-state index contributed by atoms with van der Waals surface area (Å²) in [7, 11) is 0. The molecule has 55 valence electrons. The van der Waals surface area contributed by atoms with Gasteiger partial charge in [0.15, 0.2) is 0 Å². The molecular formula is C10H15. The van der Waals surface area contributed by atoms with Gasteiger partial charge >= 0.3 is 0 Å². The fourth-order valence-electron chi connectivity index (χ4n) is 0.706. The van der Waals surface area contributed by atoms with Gasteiger partial charge in [0.05, 0.1) is 0 Å². The Balaban J connectivity index is 3.04. The first-order valence-corrected chi connectivity index (χ1v) is 3.84. The summed E-state index contributed by atoms with van der Waals surface area (Å²) in [5.41, 5.74) is 2.51. The number of hydrogen-bond donors (Lipinski definition) is 0. The number of unbranched alkanes of at least 4 members (excludes halogenated alkanes) is 2. The molecule has 0 rings (SSSR count). The zero-order valence-electron chi connectivity index (χ0n) is 6.64. The molecule has 0 aromatic rings. The van der Waals surface area contributed by atoms with Crippen LogP contribution in [0.4, 0.5) is 0 Å². The number of hydrogen-bond acceptors (Lipinski definition) is 0. The maximum Gasteiger partial charge on any atom is -0.0126 e. The van der Waals surface area contributed by atoms with Crippen molar-refractivity contribution >= 4 is 0 Å². The standard InChI is InChI=1S/C10H15/c1-3-5-7-9-10-8-6-4-2/h1,5-6,8H,4,7,9-10H2,2H3. The van der Waals surface area contributed by atoms with Crippen LogP contribution in [0.15, 0.2) is 24.0 Å². The first-order chi connectivity index (χ1) is 4.91. The van der Waals surface area contributed by atoms with E-state index in [1.165, 1.54) is 6.42 Å². The summed E-state index contributed by atoms with van der Waals surface area (Å²) in [6.07, 6.45) is 10.8. The molecule has 0 nitrogen and oxygen atoms in total. The Bertz CT molecular complexity index is 125. The molecular weight excluding hydrogens is 120 g/mol. The largest absolute Gasteiger partial charge is 0.125 e. The molecule has 0 saturated carbocycles. The highest BCUT2D eigenvalue weighted by Gasteiger charge is 1.77. The zero-order valence-corrected chi connectivity index (χ0v) is 6.64. The molecule has 0 heteroatoms. The van der Waals surface area contributed by atoms with Gasteiger partial charge in [0.1, 0.15) is 0 Å². The van der Waals surface area contributed by atoms with Gasteiger partial charge in [-0.15, -0.1) is 5.73 Å². The van der Waals surface area contributed by atoms with Gasteiger partial charge < -0.3 is 0 Å². The quantitative estimate of drug-likeness (QED) is 0.308. The van der Waals surface area contributed by atoms with E-state index in [-0.39, 0.29) is 0 Å². The van der Waals surface area contributed by atoms with Crippen molar-refractivity contribution in [3.05, 3.63) is 30.5 Å². The molecule has 0 atom stereocenters. The first-order valence-electron chi connectivity index (χ1n) is 3.84. The Kier molecular flexibility index (Phi) is 7.65. The molecule has 0 N–H and O–H groups in total. The smallest absolute Gasteiger partial charge is 0.0126 e. The minimum atomic E-state index is 1.05. The summed E-state index contributed by atoms with van der Waals surface area (Å²) in [4.78, 5) is 0. The second-order valence-electron chi connectivity index (χ2n) is 2.18. The van der Waals surface area contributed by atoms with Gasteiger partial charge in [-0.25, -0.2) is 0 Å². The van der Waals surface area contributed by atoms with E-state index in [0.717, 1.165) is 19.3 Å². The second-order valence-corrected chi connectivity index (χ2v) is 2.18. The lowest BCUT2D eigenvalue weighted by Crippen LogP contribution is -1.67. The summed E-state index contributed by atoms with van der Waals surface area (Å²) >= 11 is 0. The van der Waals surface area contributed by atoms with Crippen LogP contribution in [0.3, 0.4) is 0 Å². The lowest BCUT2D eigenvalue weighted by Gasteiger charge is -1.86. The molecule has 0 unspecified atom stereocenters. The highest BCUT2D eigenvalue weighted by molar-refractivity contribution is 4.82. The van der Waals surface area contributed by atoms with Crippen LogP contribution in [-0.4, -0.2) is 0 Å². The minimum absolute atomic E-state index is 1.05. The van der Waals surface area contributed by atoms with Crippen LogP contribution < -0.4 is 0 Å². The maximum atomic E-state index is 5.05. The average Bonchev–Trinajstić information content (AvgIpc) is 1.97. The second kappa shape index (κ2) is 8.26. The zero-order chi connectivity index (χ0) is 7.66. The van der Waals surface area contributed by atoms with E-state index < -0.39 is 0 Å². The van der Waals surface area contributed by atoms with Gasteiger partial charge in [-0.3, -0.25) is 0 Å². The summed E-state index contributed by atoms with van der Waals surface area (Å²) in [6, 6.07) is 0. The lowest BCUT2D eigenvalue weighted by atomic mass is 10.2. The normalized spacial score (nSPS) is 9.70. The van der Waals surface area contributed by atoms with Gasteiger partial charge in [0.2, 0.25) is 0 Å². The van der Waals surface area contributed by atoms with Crippen LogP contribution in [0.5, 0.6) is 0 Å². The highest BCUT2D eigenvalue weighted by Crippen LogP contribution is 1.97. The molecule has 0 bridgehead atoms. The Hall–Kier alpha value is -0.740. The van der Waals surface area contributed by atoms with Gasteiger partial charge in [-0.05, 0) is 38.3 Å². The average molecular weight is 135 g/mol. The third kappa shape index (κ3) is 7.26. The van der Waals surface area contributed by atoms with Crippen LogP contribution in [0.25, 0.3) is 0 Å². The number of rotatable bonds is 5. The Morgan fingerprint density at radius 2 is 2.10 bits per heavy atom. The van der Waals surface area contributed by atoms with E-state index in [2.05, 4.69) is 24.8 Å². The van der Waals surface area contributed by atoms with Crippen LogP contribution in [-0.2, 0) is 0 Å². The molecule has 0 aliphatic rings. The predicted octanol–water partition coefficient (Wildman–Crippen LogP) is 3.27. The minimum Gasteiger partial charge on any atom is -0.125 e. The Labute approximate surface area is 64.0 Å². The van der Waals surface area contributed by atoms with Crippen molar-refractivity contribution in [2.75, 3.05) is 0 Å². The third-order valence-electron chi connectivity index (χ3n) is 1.24. The lowest BCUT2D eigenvalue weighted by molar-refractivity contribution is 0.865. The Morgan fingerprint density at radius 1 is 1.30 bits per heavy atom. The van der Waals surface area contributed by atoms with Gasteiger partial charge in [0, 0.05) is 0 Å². The monoisotopic (exact) mass is 135 g/mol. The van der Waals surface area contributed by atoms with Crippen molar-refractivity contribution < 1.29 is 0 Å². The van der Waals surface area contributed by atoms with Crippen LogP contribution >= 0.6 is 0 Å². The van der Waals surface area contributed by atoms with E-state index in [1.807, 2.05) is 6.08 Å². The fraction of sp³-hybridized carbons (Fsp3) is 0.500. The van der Waals surface area contributed by atoms with Crippen molar-refractivity contribution in [2.45, 2.75) is 32.6 Å². The maximum absolute atomic E-state index is 5.05. The molecule has 0 aromatic heterocycles. The third-order valence-corrected chi connectivity index (χ3v) is 1.24. The fourth-order valence-corrected chi connectivity index (χ4v) is 0.706. The van der Waals surface area contributed by atoms with E-state index in [9.17, 15) is 0 Å². The van der Waals surface area contributed by atoms with Crippen molar-refractivity contribution in [3.8, 4) is 0 Å². The molecule has 0 spiro atoms. The van der Waals surface area contributed by atoms with E-state index in [4.69, 9.17) is 6.58 Å². The molecule has 0 aromatic carbocycles. The SMILES string of the molecule is [CH]=C=CCCCC=CCC. The Morgan fingerprint density at radius 3 is 2.70 bits per heavy atom. The highest BCUT2D eigenvalue weighted by atomic mass is 13.8. The molecule has 0 aliphatic heterocycles. The molecule has 0 amide bonds. The van der Waals surface area contributed by atoms with Crippen molar-refractivity contribution in [1.82, 2.24) is 0 Å². The first kappa shape index (κ1) is 9.26. The van der Waals surface area contributed by atoms with Crippen LogP contribution in [0.1, 0.15) is 32.6 Å². The predicted molar refractivity (Wildman–Crippen MR) is 45.7 cm³/mol. The summed E-state index contributed by atoms with van der Waals surface area (Å²) in [6.45, 7) is 7.19. The molecule has 0 fully saturated rings. The van der Waals surface area contributed by atoms with Crippen LogP contribution in [0.2, 0.25) is 0 Å². The molecule has 0 aliphatic carbocycles. The molecule has 10 heavy (non-hydrogen) atoms. The van der Waals surface area contributed by atoms with Gasteiger partial charge in [-0.2, -0.15) is 0 Å². The summed E-state index contributed by atoms with van der Waals surface area (Å²) in [5, 5.41) is 0. The van der Waals surface area contributed by atoms with E-state index in [1.54, 1.807) is 0 Å². The summed E-state index contributed by atoms with van der Waals surface area (Å²) < 4.78 is 0. The van der Waals surface area contributed by atoms with Gasteiger partial charge in [-0.1, -0.05) is 19.1 Å². The number of allylic oxidation sites excluding steroid dienone is 3. The molecule has 0 saturated heterocycles. The van der Waals surface area contributed by atoms with E-state index in [0.29, 0.717) is 0 Å². The van der Waals surface area contributed by atoms with Gasteiger partial charge in [0.25, 0.3) is 0 Å². The van der Waals surface area contributed by atoms with Crippen molar-refractivity contribution in [2.24, 2.45) is 0 Å². The molecule has 1 radical (unpaired) electrons. The molecule has 0 heterocycles. The summed E-state index contributed by atoms with van der Waals surface area (Å²) in [5.74, 6) is 0. The van der Waals surface area contributed by atoms with Crippen LogP contribution in [0, 0.1) is 6.58 Å². The topological polar surface area (TPSA) is 0 Å².